The molecule has 0 saturated heterocycles. The van der Waals surface area contributed by atoms with E-state index in [1.54, 1.807) is 11.1 Å². The number of hydrogen-bond donors (Lipinski definition) is 0. The van der Waals surface area contributed by atoms with Crippen molar-refractivity contribution in [1.82, 2.24) is 0 Å². The Hall–Kier alpha value is -2.15. The Morgan fingerprint density at radius 1 is 0.824 bits per heavy atom. The van der Waals surface area contributed by atoms with E-state index in [0.717, 1.165) is 0 Å². The number of benzene rings is 2. The van der Waals surface area contributed by atoms with Crippen LogP contribution in [0.5, 0.6) is 0 Å². The van der Waals surface area contributed by atoms with Crippen molar-refractivity contribution in [2.24, 2.45) is 7.05 Å². The minimum absolute atomic E-state index is 0.0968. The van der Waals surface area contributed by atoms with E-state index in [4.69, 9.17) is 1.37 Å². The molecule has 0 N–H and O–H groups in total. The zero-order valence-electron chi connectivity index (χ0n) is 23.1. The number of rotatable bonds is 3. The summed E-state index contributed by atoms with van der Waals surface area (Å²) in [6.45, 7) is 9.17. The van der Waals surface area contributed by atoms with E-state index in [-0.39, 0.29) is 5.41 Å². The Balaban J connectivity index is 1.74. The summed E-state index contributed by atoms with van der Waals surface area (Å²) in [4.78, 5) is 0. The normalized spacial score (nSPS) is 18.9. The van der Waals surface area contributed by atoms with Crippen molar-refractivity contribution in [3.05, 3.63) is 64.8 Å². The topological polar surface area (TPSA) is 3.88 Å². The Kier molecular flexibility index (Phi) is 6.22. The van der Waals surface area contributed by atoms with Crippen molar-refractivity contribution < 1.29 is 5.94 Å². The second-order valence-electron chi connectivity index (χ2n) is 12.2. The predicted molar refractivity (Wildman–Crippen MR) is 146 cm³/mol. The van der Waals surface area contributed by atoms with Gasteiger partial charge in [-0.2, -0.15) is 0 Å². The van der Waals surface area contributed by atoms with Crippen LogP contribution in [-0.4, -0.2) is 0 Å². The minimum Gasteiger partial charge on any atom is -0.200 e. The zero-order chi connectivity index (χ0) is 24.7. The maximum Gasteiger partial charge on any atom is 0.220 e. The van der Waals surface area contributed by atoms with Crippen LogP contribution in [0.25, 0.3) is 22.0 Å². The van der Waals surface area contributed by atoms with Gasteiger partial charge in [0.15, 0.2) is 6.17 Å². The SMILES string of the molecule is [2H]c1cc2cc(C(C)(C)C)ccc2c(-c2cc(C3CCCCC3)cc(C3CCCCC3)c2C)[n+]1C. The first-order chi connectivity index (χ1) is 16.7. The van der Waals surface area contributed by atoms with E-state index in [9.17, 15) is 0 Å². The molecule has 2 saturated carbocycles. The molecule has 5 rings (SSSR count). The summed E-state index contributed by atoms with van der Waals surface area (Å²) in [6, 6.07) is 14.1. The third kappa shape index (κ3) is 4.56. The second-order valence-corrected chi connectivity index (χ2v) is 12.2. The van der Waals surface area contributed by atoms with Gasteiger partial charge in [0, 0.05) is 6.07 Å². The van der Waals surface area contributed by atoms with Crippen molar-refractivity contribution in [3.8, 4) is 11.3 Å². The largest absolute Gasteiger partial charge is 0.220 e. The van der Waals surface area contributed by atoms with Gasteiger partial charge in [-0.25, -0.2) is 4.57 Å². The maximum absolute atomic E-state index is 8.85. The molecule has 1 heteroatoms. The van der Waals surface area contributed by atoms with E-state index in [1.807, 2.05) is 0 Å². The van der Waals surface area contributed by atoms with Crippen LogP contribution in [0.4, 0.5) is 0 Å². The molecule has 1 aromatic heterocycles. The van der Waals surface area contributed by atoms with Gasteiger partial charge in [0.2, 0.25) is 5.69 Å². The van der Waals surface area contributed by atoms with Crippen molar-refractivity contribution in [3.63, 3.8) is 0 Å². The van der Waals surface area contributed by atoms with Gasteiger partial charge in [-0.3, -0.25) is 0 Å². The van der Waals surface area contributed by atoms with Crippen LogP contribution in [0, 0.1) is 6.92 Å². The average molecular weight is 456 g/mol. The minimum atomic E-state index is 0.0968. The number of hydrogen-bond acceptors (Lipinski definition) is 0. The quantitative estimate of drug-likeness (QED) is 0.347. The van der Waals surface area contributed by atoms with Crippen molar-refractivity contribution in [2.75, 3.05) is 0 Å². The summed E-state index contributed by atoms with van der Waals surface area (Å²) in [7, 11) is 2.09. The molecule has 0 spiro atoms. The second kappa shape index (κ2) is 9.48. The molecule has 180 valence electrons. The lowest BCUT2D eigenvalue weighted by atomic mass is 9.76. The molecule has 34 heavy (non-hydrogen) atoms. The first kappa shape index (κ1) is 22.3. The molecule has 0 amide bonds. The van der Waals surface area contributed by atoms with Gasteiger partial charge in [0.25, 0.3) is 0 Å². The van der Waals surface area contributed by atoms with Gasteiger partial charge in [-0.15, -0.1) is 0 Å². The van der Waals surface area contributed by atoms with Crippen LogP contribution in [0.2, 0.25) is 0 Å². The summed E-state index contributed by atoms with van der Waals surface area (Å²) in [5.41, 5.74) is 8.61. The molecule has 2 aliphatic rings. The van der Waals surface area contributed by atoms with Crippen LogP contribution in [0.1, 0.15) is 120 Å². The fraction of sp³-hybridized carbons (Fsp3) is 0.545. The molecule has 3 aromatic rings. The van der Waals surface area contributed by atoms with Gasteiger partial charge in [-0.05, 0) is 89.6 Å². The Morgan fingerprint density at radius 3 is 2.12 bits per heavy atom. The van der Waals surface area contributed by atoms with E-state index in [2.05, 4.69) is 75.7 Å². The number of pyridine rings is 1. The van der Waals surface area contributed by atoms with Crippen molar-refractivity contribution >= 4 is 10.8 Å². The third-order valence-electron chi connectivity index (χ3n) is 8.77. The number of fused-ring (bicyclic) bond motifs is 1. The fourth-order valence-corrected chi connectivity index (χ4v) is 6.62. The van der Waals surface area contributed by atoms with Crippen LogP contribution in [0.15, 0.2) is 42.6 Å². The molecule has 1 heterocycles. The van der Waals surface area contributed by atoms with Gasteiger partial charge in [-0.1, -0.05) is 77.5 Å². The van der Waals surface area contributed by atoms with E-state index in [0.29, 0.717) is 18.0 Å². The first-order valence-corrected chi connectivity index (χ1v) is 13.8. The van der Waals surface area contributed by atoms with Gasteiger partial charge >= 0.3 is 0 Å². The highest BCUT2D eigenvalue weighted by molar-refractivity contribution is 5.94. The molecule has 0 atom stereocenters. The van der Waals surface area contributed by atoms with Crippen LogP contribution >= 0.6 is 0 Å². The van der Waals surface area contributed by atoms with Crippen LogP contribution < -0.4 is 4.57 Å². The monoisotopic (exact) mass is 455 g/mol. The summed E-state index contributed by atoms with van der Waals surface area (Å²) in [5.74, 6) is 1.38. The fourth-order valence-electron chi connectivity index (χ4n) is 6.62. The van der Waals surface area contributed by atoms with Crippen molar-refractivity contribution in [2.45, 2.75) is 109 Å². The molecule has 2 fully saturated rings. The highest BCUT2D eigenvalue weighted by atomic mass is 14.9. The molecule has 0 unspecified atom stereocenters. The first-order valence-electron chi connectivity index (χ1n) is 14.3. The van der Waals surface area contributed by atoms with Gasteiger partial charge in [0.1, 0.15) is 8.42 Å². The Labute approximate surface area is 209 Å². The summed E-state index contributed by atoms with van der Waals surface area (Å²) >= 11 is 0. The van der Waals surface area contributed by atoms with Gasteiger partial charge in [0.05, 0.1) is 10.9 Å². The van der Waals surface area contributed by atoms with Crippen molar-refractivity contribution in [1.29, 1.82) is 0 Å². The molecule has 0 radical (unpaired) electrons. The summed E-state index contributed by atoms with van der Waals surface area (Å²) in [5, 5.41) is 2.46. The lowest BCUT2D eigenvalue weighted by Crippen LogP contribution is -2.31. The summed E-state index contributed by atoms with van der Waals surface area (Å²) < 4.78 is 11.0. The molecule has 2 aliphatic carbocycles. The Bertz CT molecular complexity index is 1220. The molecular weight excluding hydrogens is 410 g/mol. The van der Waals surface area contributed by atoms with E-state index in [1.165, 1.54) is 97.4 Å². The van der Waals surface area contributed by atoms with Crippen LogP contribution in [-0.2, 0) is 12.5 Å². The van der Waals surface area contributed by atoms with E-state index < -0.39 is 0 Å². The van der Waals surface area contributed by atoms with Gasteiger partial charge < -0.3 is 0 Å². The lowest BCUT2D eigenvalue weighted by Gasteiger charge is -2.28. The predicted octanol–water partition coefficient (Wildman–Crippen LogP) is 9.03. The summed E-state index contributed by atoms with van der Waals surface area (Å²) in [6.07, 6.45) is 14.1. The Morgan fingerprint density at radius 2 is 1.47 bits per heavy atom. The van der Waals surface area contributed by atoms with E-state index >= 15 is 0 Å². The molecule has 0 aliphatic heterocycles. The standard InChI is InChI=1S/C33H44N/c1-23-30(25-14-10-7-11-15-25)21-27(24-12-8-6-9-13-24)22-31(23)32-29-17-16-28(33(2,3)4)20-26(29)18-19-34(32)5/h16-22,24-25H,6-15H2,1-5H3/q+1/i19D. The number of nitrogens with zero attached hydrogens (tertiary/aromatic N) is 1. The molecule has 2 aromatic carbocycles. The maximum atomic E-state index is 8.85. The zero-order valence-corrected chi connectivity index (χ0v) is 22.1. The lowest BCUT2D eigenvalue weighted by molar-refractivity contribution is -0.659. The highest BCUT2D eigenvalue weighted by Crippen LogP contribution is 2.42. The third-order valence-corrected chi connectivity index (χ3v) is 8.77. The smallest absolute Gasteiger partial charge is 0.200 e. The van der Waals surface area contributed by atoms with Crippen LogP contribution in [0.3, 0.4) is 0 Å². The molecule has 1 nitrogen and oxygen atoms in total. The average Bonchev–Trinajstić information content (AvgIpc) is 2.85. The molecule has 0 bridgehead atoms. The molecular formula is C33H44N+. The number of aromatic nitrogens is 1. The highest BCUT2D eigenvalue weighted by Gasteiger charge is 2.27.